The molecule has 36 heavy (non-hydrogen) atoms. The lowest BCUT2D eigenvalue weighted by Gasteiger charge is -2.40. The Bertz CT molecular complexity index is 865. The minimum Gasteiger partial charge on any atom is -0.375 e. The lowest BCUT2D eigenvalue weighted by Crippen LogP contribution is -2.49. The Morgan fingerprint density at radius 1 is 1.14 bits per heavy atom. The third kappa shape index (κ3) is 9.80. The molecule has 1 unspecified atom stereocenters. The molecule has 2 N–H and O–H groups in total. The van der Waals surface area contributed by atoms with Crippen LogP contribution in [0.3, 0.4) is 0 Å². The molecule has 0 bridgehead atoms. The molecule has 0 saturated carbocycles. The van der Waals surface area contributed by atoms with E-state index >= 15 is 0 Å². The van der Waals surface area contributed by atoms with Crippen LogP contribution in [0.4, 0.5) is 0 Å². The number of aromatic nitrogens is 1. The van der Waals surface area contributed by atoms with Gasteiger partial charge in [-0.25, -0.2) is 5.43 Å². The molecule has 2 aliphatic rings. The number of hydrogen-bond donors (Lipinski definition) is 2. The first kappa shape index (κ1) is 28.6. The van der Waals surface area contributed by atoms with Crippen molar-refractivity contribution in [3.8, 4) is 0 Å². The van der Waals surface area contributed by atoms with Gasteiger partial charge in [-0.2, -0.15) is 0 Å². The van der Waals surface area contributed by atoms with Crippen LogP contribution < -0.4 is 10.9 Å². The number of rotatable bonds is 12. The minimum absolute atomic E-state index is 0.447. The van der Waals surface area contributed by atoms with E-state index in [2.05, 4.69) is 79.6 Å². The molecule has 0 aliphatic carbocycles. The zero-order valence-corrected chi connectivity index (χ0v) is 23.6. The van der Waals surface area contributed by atoms with E-state index < -0.39 is 0 Å². The largest absolute Gasteiger partial charge is 0.375 e. The van der Waals surface area contributed by atoms with E-state index in [9.17, 15) is 0 Å². The van der Waals surface area contributed by atoms with Crippen molar-refractivity contribution in [1.29, 1.82) is 0 Å². The van der Waals surface area contributed by atoms with Gasteiger partial charge in [-0.3, -0.25) is 14.9 Å². The van der Waals surface area contributed by atoms with Gasteiger partial charge in [0.15, 0.2) is 0 Å². The van der Waals surface area contributed by atoms with Crippen LogP contribution in [-0.2, 0) is 6.54 Å². The lowest BCUT2D eigenvalue weighted by molar-refractivity contribution is 0.157. The highest BCUT2D eigenvalue weighted by Crippen LogP contribution is 2.28. The first-order chi connectivity index (χ1) is 17.6. The van der Waals surface area contributed by atoms with Crippen molar-refractivity contribution in [2.45, 2.75) is 71.4 Å². The van der Waals surface area contributed by atoms with E-state index in [0.717, 1.165) is 64.4 Å². The van der Waals surface area contributed by atoms with Gasteiger partial charge in [-0.15, -0.1) is 9.24 Å². The summed E-state index contributed by atoms with van der Waals surface area (Å²) in [6, 6.07) is 4.69. The third-order valence-corrected chi connectivity index (χ3v) is 7.48. The van der Waals surface area contributed by atoms with Crippen LogP contribution in [0.5, 0.6) is 0 Å². The summed E-state index contributed by atoms with van der Waals surface area (Å²) in [7, 11) is 2.63. The number of nitrogens with zero attached hydrogens (tertiary/aromatic N) is 4. The molecule has 0 aromatic carbocycles. The Kier molecular flexibility index (Phi) is 12.7. The molecule has 7 heteroatoms. The summed E-state index contributed by atoms with van der Waals surface area (Å²) in [5.74, 6) is 3.53. The molecule has 2 fully saturated rings. The summed E-state index contributed by atoms with van der Waals surface area (Å²) in [4.78, 5) is 14.0. The number of likely N-dealkylation sites (tertiary alicyclic amines) is 2. The monoisotopic (exact) mass is 510 g/mol. The predicted octanol–water partition coefficient (Wildman–Crippen LogP) is 5.29. The molecule has 0 amide bonds. The van der Waals surface area contributed by atoms with Gasteiger partial charge in [-0.05, 0) is 81.5 Å². The molecule has 0 radical (unpaired) electrons. The quantitative estimate of drug-likeness (QED) is 0.1000. The highest BCUT2D eigenvalue weighted by molar-refractivity contribution is 7.20. The number of amidine groups is 1. The van der Waals surface area contributed by atoms with Crippen molar-refractivity contribution in [2.75, 3.05) is 32.7 Å². The van der Waals surface area contributed by atoms with Crippen molar-refractivity contribution >= 4 is 15.1 Å². The summed E-state index contributed by atoms with van der Waals surface area (Å²) < 4.78 is 0. The minimum atomic E-state index is 0.447. The van der Waals surface area contributed by atoms with Crippen molar-refractivity contribution in [2.24, 2.45) is 10.9 Å². The summed E-state index contributed by atoms with van der Waals surface area (Å²) in [5, 5.41) is 0. The van der Waals surface area contributed by atoms with Gasteiger partial charge in [0, 0.05) is 56.2 Å². The molecule has 1 aromatic rings. The van der Waals surface area contributed by atoms with Crippen molar-refractivity contribution in [3.63, 3.8) is 0 Å². The van der Waals surface area contributed by atoms with Gasteiger partial charge < -0.3 is 10.3 Å². The second-order valence-electron chi connectivity index (χ2n) is 10.1. The maximum absolute atomic E-state index is 4.80. The molecule has 6 nitrogen and oxygen atoms in total. The smallest absolute Gasteiger partial charge is 0.135 e. The average Bonchev–Trinajstić information content (AvgIpc) is 2.90. The molecule has 3 rings (SSSR count). The summed E-state index contributed by atoms with van der Waals surface area (Å²) >= 11 is 0. The van der Waals surface area contributed by atoms with Crippen LogP contribution >= 0.6 is 9.24 Å². The predicted molar refractivity (Wildman–Crippen MR) is 157 cm³/mol. The lowest BCUT2D eigenvalue weighted by atomic mass is 9.91. The molecule has 0 spiro atoms. The highest BCUT2D eigenvalue weighted by Gasteiger charge is 2.27. The Hall–Kier alpha value is -2.01. The first-order valence-corrected chi connectivity index (χ1v) is 14.4. The maximum Gasteiger partial charge on any atom is 0.135 e. The Balaban J connectivity index is 1.40. The molecule has 3 heterocycles. The summed E-state index contributed by atoms with van der Waals surface area (Å²) in [5.41, 5.74) is 10.9. The van der Waals surface area contributed by atoms with Gasteiger partial charge in [-0.1, -0.05) is 38.2 Å². The number of allylic oxidation sites excluding steroid dienone is 3. The van der Waals surface area contributed by atoms with E-state index in [1.54, 1.807) is 0 Å². The van der Waals surface area contributed by atoms with Crippen molar-refractivity contribution in [1.82, 2.24) is 25.6 Å². The Labute approximate surface area is 221 Å². The van der Waals surface area contributed by atoms with Crippen LogP contribution in [0.2, 0.25) is 0 Å². The van der Waals surface area contributed by atoms with Crippen LogP contribution in [0.1, 0.15) is 64.4 Å². The zero-order chi connectivity index (χ0) is 25.6. The van der Waals surface area contributed by atoms with E-state index in [1.807, 2.05) is 18.2 Å². The first-order valence-electron chi connectivity index (χ1n) is 13.8. The van der Waals surface area contributed by atoms with Gasteiger partial charge >= 0.3 is 0 Å². The Morgan fingerprint density at radius 2 is 1.86 bits per heavy atom. The molecule has 2 saturated heterocycles. The van der Waals surface area contributed by atoms with Gasteiger partial charge in [0.25, 0.3) is 0 Å². The Morgan fingerprint density at radius 3 is 2.53 bits per heavy atom. The number of nitrogens with one attached hydrogen (secondary N) is 2. The zero-order valence-electron chi connectivity index (χ0n) is 22.5. The van der Waals surface area contributed by atoms with Gasteiger partial charge in [0.2, 0.25) is 0 Å². The number of aliphatic imine (C=N–C) groups is 1. The summed E-state index contributed by atoms with van der Waals surface area (Å²) in [6.45, 7) is 15.2. The second-order valence-corrected chi connectivity index (χ2v) is 10.5. The highest BCUT2D eigenvalue weighted by atomic mass is 31.0. The molecule has 198 valence electrons. The van der Waals surface area contributed by atoms with Gasteiger partial charge in [0.1, 0.15) is 5.84 Å². The van der Waals surface area contributed by atoms with Gasteiger partial charge in [0.05, 0.1) is 0 Å². The fourth-order valence-electron chi connectivity index (χ4n) is 5.01. The fraction of sp³-hybridized carbons (Fsp3) is 0.586. The second kappa shape index (κ2) is 16.0. The van der Waals surface area contributed by atoms with E-state index in [0.29, 0.717) is 12.0 Å². The maximum atomic E-state index is 4.80. The topological polar surface area (TPSA) is 55.8 Å². The van der Waals surface area contributed by atoms with E-state index in [1.165, 1.54) is 42.5 Å². The SMILES string of the molecule is C=C(C1CCN(Cc2ccncc2)CC1)N1CCC(NNC(/C=C(C)\C=C/P)=NCCCCC)CC1. The number of hydrogen-bond acceptors (Lipinski definition) is 5. The third-order valence-electron chi connectivity index (χ3n) is 7.29. The fourth-order valence-corrected chi connectivity index (χ4v) is 5.32. The van der Waals surface area contributed by atoms with Crippen molar-refractivity contribution in [3.05, 3.63) is 65.9 Å². The van der Waals surface area contributed by atoms with E-state index in [-0.39, 0.29) is 0 Å². The number of unbranched alkanes of at least 4 members (excludes halogenated alkanes) is 2. The van der Waals surface area contributed by atoms with Crippen LogP contribution in [0, 0.1) is 5.92 Å². The number of piperidine rings is 2. The summed E-state index contributed by atoms with van der Waals surface area (Å²) in [6.07, 6.45) is 16.2. The molecule has 2 aliphatic heterocycles. The molecule has 1 aromatic heterocycles. The molecular formula is C29H47N6P. The standard InChI is InChI=1S/C29H47N6P/c1-4-5-6-14-31-29(22-24(2)13-21-36)33-32-28-11-19-35(20-12-28)25(3)27-9-17-34(18-10-27)23-26-7-15-30-16-8-26/h7-8,13,15-16,21-22,27-28,32H,3-6,9-12,14,17-20,23,36H2,1-2H3,(H,31,33)/b21-13-,24-22-. The van der Waals surface area contributed by atoms with Crippen LogP contribution in [-0.4, -0.2) is 59.4 Å². The molecular weight excluding hydrogens is 463 g/mol. The van der Waals surface area contributed by atoms with E-state index in [4.69, 9.17) is 4.99 Å². The molecule has 1 atom stereocenters. The van der Waals surface area contributed by atoms with Crippen molar-refractivity contribution < 1.29 is 0 Å². The normalized spacial score (nSPS) is 19.2. The van der Waals surface area contributed by atoms with Crippen LogP contribution in [0.25, 0.3) is 0 Å². The average molecular weight is 511 g/mol. The number of pyridine rings is 1. The van der Waals surface area contributed by atoms with Crippen LogP contribution in [0.15, 0.2) is 65.3 Å². The number of hydrazine groups is 1.